The van der Waals surface area contributed by atoms with Crippen LogP contribution in [0.1, 0.15) is 0 Å². The molecule has 0 spiro atoms. The van der Waals surface area contributed by atoms with Gasteiger partial charge < -0.3 is 9.62 Å². The van der Waals surface area contributed by atoms with Crippen molar-refractivity contribution in [3.63, 3.8) is 0 Å². The summed E-state index contributed by atoms with van der Waals surface area (Å²) in [4.78, 5) is 15.8. The van der Waals surface area contributed by atoms with Crippen molar-refractivity contribution in [1.82, 2.24) is 15.0 Å². The highest BCUT2D eigenvalue weighted by atomic mass is 15.3. The smallest absolute Gasteiger partial charge is 0.373 e. The van der Waals surface area contributed by atoms with E-state index in [-0.39, 0.29) is 0 Å². The number of anilines is 2. The maximum Gasteiger partial charge on any atom is 0.403 e. The molecule has 0 unspecified atom stereocenters. The lowest BCUT2D eigenvalue weighted by molar-refractivity contribution is 1.03. The predicted molar refractivity (Wildman–Crippen MR) is 66.1 cm³/mol. The summed E-state index contributed by atoms with van der Waals surface area (Å²) in [6.07, 6.45) is 6.83. The minimum Gasteiger partial charge on any atom is -0.373 e. The van der Waals surface area contributed by atoms with Gasteiger partial charge in [-0.1, -0.05) is 18.2 Å². The van der Waals surface area contributed by atoms with Crippen LogP contribution in [0.5, 0.6) is 0 Å². The molecule has 3 rings (SSSR count). The van der Waals surface area contributed by atoms with E-state index < -0.39 is 0 Å². The molecule has 1 aliphatic rings. The fraction of sp³-hybridized carbons (Fsp3) is 0. The molecule has 1 radical (unpaired) electrons. The van der Waals surface area contributed by atoms with Gasteiger partial charge in [0.1, 0.15) is 12.7 Å². The van der Waals surface area contributed by atoms with E-state index in [9.17, 15) is 0 Å². The van der Waals surface area contributed by atoms with Crippen molar-refractivity contribution >= 4 is 19.2 Å². The lowest BCUT2D eigenvalue weighted by Gasteiger charge is -2.17. The van der Waals surface area contributed by atoms with E-state index in [1.165, 1.54) is 12.7 Å². The number of nitrogens with zero attached hydrogens (tertiary/aromatic N) is 5. The summed E-state index contributed by atoms with van der Waals surface area (Å²) in [5.74, 6) is 0.606. The van der Waals surface area contributed by atoms with Crippen LogP contribution in [0.4, 0.5) is 11.6 Å². The van der Waals surface area contributed by atoms with Crippen LogP contribution in [0.2, 0.25) is 0 Å². The molecular formula is C11H9BN5. The van der Waals surface area contributed by atoms with Crippen LogP contribution >= 0.6 is 0 Å². The van der Waals surface area contributed by atoms with E-state index in [4.69, 9.17) is 0 Å². The summed E-state index contributed by atoms with van der Waals surface area (Å²) in [5, 5.41) is 0. The maximum atomic E-state index is 4.08. The highest BCUT2D eigenvalue weighted by molar-refractivity contribution is 6.49. The largest absolute Gasteiger partial charge is 0.403 e. The number of hydrogen-bond acceptors (Lipinski definition) is 5. The summed E-state index contributed by atoms with van der Waals surface area (Å²) in [5.41, 5.74) is 1.10. The first kappa shape index (κ1) is 9.83. The van der Waals surface area contributed by atoms with Crippen molar-refractivity contribution in [2.24, 2.45) is 0 Å². The Hall–Kier alpha value is -2.37. The summed E-state index contributed by atoms with van der Waals surface area (Å²) in [7, 11) is 1.92. The Morgan fingerprint density at radius 3 is 2.35 bits per heavy atom. The van der Waals surface area contributed by atoms with E-state index in [0.29, 0.717) is 5.95 Å². The standard InChI is InChI=1S/C11H9BN5/c1-2-4-10(5-3-1)16-6-7-17(12-16)11-14-8-13-9-15-11/h1-9H. The van der Waals surface area contributed by atoms with Gasteiger partial charge in [0.25, 0.3) is 0 Å². The zero-order valence-corrected chi connectivity index (χ0v) is 9.01. The van der Waals surface area contributed by atoms with Crippen LogP contribution in [0, 0.1) is 0 Å². The van der Waals surface area contributed by atoms with Crippen LogP contribution in [-0.4, -0.2) is 22.5 Å². The van der Waals surface area contributed by atoms with Crippen LogP contribution in [0.25, 0.3) is 0 Å². The van der Waals surface area contributed by atoms with Gasteiger partial charge >= 0.3 is 7.55 Å². The average molecular weight is 222 g/mol. The van der Waals surface area contributed by atoms with Crippen LogP contribution in [-0.2, 0) is 0 Å². The van der Waals surface area contributed by atoms with Crippen LogP contribution < -0.4 is 9.62 Å². The number of hydrogen-bond donors (Lipinski definition) is 0. The van der Waals surface area contributed by atoms with Gasteiger partial charge in [0.2, 0.25) is 5.95 Å². The molecule has 5 nitrogen and oxygen atoms in total. The first-order chi connectivity index (χ1) is 8.43. The fourth-order valence-corrected chi connectivity index (χ4v) is 1.59. The maximum absolute atomic E-state index is 4.08. The van der Waals surface area contributed by atoms with Crippen molar-refractivity contribution in [3.05, 3.63) is 55.4 Å². The molecule has 0 saturated heterocycles. The van der Waals surface area contributed by atoms with Crippen LogP contribution in [0.15, 0.2) is 55.4 Å². The first-order valence-electron chi connectivity index (χ1n) is 5.20. The molecule has 1 aromatic heterocycles. The van der Waals surface area contributed by atoms with Gasteiger partial charge in [0.15, 0.2) is 0 Å². The SMILES string of the molecule is [B]1N(c2ccccc2)C=CN1c1ncncn1. The molecule has 0 saturated carbocycles. The molecule has 0 atom stereocenters. The molecule has 1 aromatic carbocycles. The van der Waals surface area contributed by atoms with Crippen molar-refractivity contribution in [1.29, 1.82) is 0 Å². The molecule has 0 N–H and O–H groups in total. The van der Waals surface area contributed by atoms with E-state index in [2.05, 4.69) is 15.0 Å². The zero-order chi connectivity index (χ0) is 11.5. The monoisotopic (exact) mass is 222 g/mol. The molecule has 81 valence electrons. The molecule has 0 fully saturated rings. The summed E-state index contributed by atoms with van der Waals surface area (Å²) in [6.45, 7) is 0. The lowest BCUT2D eigenvalue weighted by atomic mass is 10.1. The van der Waals surface area contributed by atoms with Gasteiger partial charge in [-0.25, -0.2) is 15.0 Å². The Labute approximate surface area is 99.7 Å². The Morgan fingerprint density at radius 1 is 0.882 bits per heavy atom. The summed E-state index contributed by atoms with van der Waals surface area (Å²) >= 11 is 0. The normalized spacial score (nSPS) is 13.9. The predicted octanol–water partition coefficient (Wildman–Crippen LogP) is 1.20. The van der Waals surface area contributed by atoms with Crippen molar-refractivity contribution in [3.8, 4) is 0 Å². The lowest BCUT2D eigenvalue weighted by Crippen LogP contribution is -2.30. The van der Waals surface area contributed by atoms with E-state index >= 15 is 0 Å². The summed E-state index contributed by atoms with van der Waals surface area (Å²) in [6, 6.07) is 10.1. The quantitative estimate of drug-likeness (QED) is 0.714. The fourth-order valence-electron chi connectivity index (χ4n) is 1.59. The zero-order valence-electron chi connectivity index (χ0n) is 9.01. The second-order valence-corrected chi connectivity index (χ2v) is 3.50. The first-order valence-corrected chi connectivity index (χ1v) is 5.20. The van der Waals surface area contributed by atoms with Gasteiger partial charge in [-0.15, -0.1) is 0 Å². The number of rotatable bonds is 2. The van der Waals surface area contributed by atoms with Gasteiger partial charge in [0.05, 0.1) is 0 Å². The Balaban J connectivity index is 1.78. The van der Waals surface area contributed by atoms with Crippen LogP contribution in [0.3, 0.4) is 0 Å². The van der Waals surface area contributed by atoms with Crippen molar-refractivity contribution < 1.29 is 0 Å². The third-order valence-electron chi connectivity index (χ3n) is 2.40. The third-order valence-corrected chi connectivity index (χ3v) is 2.40. The Morgan fingerprint density at radius 2 is 1.59 bits per heavy atom. The third kappa shape index (κ3) is 1.97. The molecule has 6 heteroatoms. The highest BCUT2D eigenvalue weighted by Gasteiger charge is 2.19. The van der Waals surface area contributed by atoms with E-state index in [1.54, 1.807) is 0 Å². The van der Waals surface area contributed by atoms with Gasteiger partial charge in [-0.2, -0.15) is 0 Å². The average Bonchev–Trinajstić information content (AvgIpc) is 2.90. The molecule has 1 aliphatic heterocycles. The second-order valence-electron chi connectivity index (χ2n) is 3.50. The van der Waals surface area contributed by atoms with Crippen molar-refractivity contribution in [2.45, 2.75) is 0 Å². The Bertz CT molecular complexity index is 468. The molecule has 2 heterocycles. The number of aromatic nitrogens is 3. The second kappa shape index (κ2) is 4.25. The van der Waals surface area contributed by atoms with Gasteiger partial charge in [-0.3, -0.25) is 0 Å². The molecule has 0 aliphatic carbocycles. The highest BCUT2D eigenvalue weighted by Crippen LogP contribution is 2.19. The minimum absolute atomic E-state index is 0.606. The van der Waals surface area contributed by atoms with E-state index in [1.807, 2.05) is 59.9 Å². The molecule has 0 amide bonds. The van der Waals surface area contributed by atoms with Gasteiger partial charge in [0, 0.05) is 18.1 Å². The summed E-state index contributed by atoms with van der Waals surface area (Å²) < 4.78 is 0. The van der Waals surface area contributed by atoms with Crippen molar-refractivity contribution in [2.75, 3.05) is 9.62 Å². The van der Waals surface area contributed by atoms with Gasteiger partial charge in [-0.05, 0) is 12.1 Å². The molecular weight excluding hydrogens is 213 g/mol. The molecule has 0 bridgehead atoms. The van der Waals surface area contributed by atoms with E-state index in [0.717, 1.165) is 5.69 Å². The topological polar surface area (TPSA) is 45.2 Å². The number of benzene rings is 1. The molecule has 17 heavy (non-hydrogen) atoms. The number of para-hydroxylation sites is 1. The minimum atomic E-state index is 0.606. The molecule has 2 aromatic rings. The Kier molecular flexibility index (Phi) is 2.46.